The average molecular weight is 248 g/mol. The van der Waals surface area contributed by atoms with Gasteiger partial charge in [-0.1, -0.05) is 26.0 Å². The third kappa shape index (κ3) is 5.32. The summed E-state index contributed by atoms with van der Waals surface area (Å²) in [6.07, 6.45) is 1.09. The summed E-state index contributed by atoms with van der Waals surface area (Å²) in [6.45, 7) is 9.64. The summed E-state index contributed by atoms with van der Waals surface area (Å²) in [7, 11) is 0. The van der Waals surface area contributed by atoms with Crippen molar-refractivity contribution in [3.05, 3.63) is 29.3 Å². The topological polar surface area (TPSA) is 41.1 Å². The van der Waals surface area contributed by atoms with E-state index in [4.69, 9.17) is 0 Å². The molecule has 0 aliphatic heterocycles. The Morgan fingerprint density at radius 3 is 2.67 bits per heavy atom. The van der Waals surface area contributed by atoms with Gasteiger partial charge < -0.3 is 10.6 Å². The van der Waals surface area contributed by atoms with E-state index in [1.54, 1.807) is 0 Å². The minimum atomic E-state index is 0.0208. The van der Waals surface area contributed by atoms with Crippen LogP contribution in [0.5, 0.6) is 0 Å². The first kappa shape index (κ1) is 14.7. The normalized spacial score (nSPS) is 10.7. The maximum absolute atomic E-state index is 11.7. The Kier molecular flexibility index (Phi) is 5.86. The van der Waals surface area contributed by atoms with E-state index in [0.717, 1.165) is 29.8 Å². The van der Waals surface area contributed by atoms with Crippen LogP contribution in [0.4, 0.5) is 5.69 Å². The van der Waals surface area contributed by atoms with E-state index in [2.05, 4.69) is 24.5 Å². The maximum atomic E-state index is 11.7. The molecule has 0 aliphatic rings. The minimum Gasteiger partial charge on any atom is -0.325 e. The Bertz CT molecular complexity index is 399. The number of carbonyl (C=O) groups is 1. The predicted octanol–water partition coefficient (Wildman–Crippen LogP) is 2.88. The summed E-state index contributed by atoms with van der Waals surface area (Å²) in [5.74, 6) is 0.687. The second-order valence-electron chi connectivity index (χ2n) is 5.23. The molecule has 0 atom stereocenters. The quantitative estimate of drug-likeness (QED) is 0.760. The third-order valence-corrected chi connectivity index (χ3v) is 2.85. The van der Waals surface area contributed by atoms with E-state index in [1.165, 1.54) is 0 Å². The Morgan fingerprint density at radius 2 is 2.00 bits per heavy atom. The van der Waals surface area contributed by atoms with Crippen molar-refractivity contribution < 1.29 is 4.79 Å². The lowest BCUT2D eigenvalue weighted by molar-refractivity contribution is -0.115. The van der Waals surface area contributed by atoms with Crippen LogP contribution < -0.4 is 10.6 Å². The van der Waals surface area contributed by atoms with Crippen LogP contribution in [-0.4, -0.2) is 19.0 Å². The van der Waals surface area contributed by atoms with Gasteiger partial charge in [-0.2, -0.15) is 0 Å². The van der Waals surface area contributed by atoms with Gasteiger partial charge in [-0.3, -0.25) is 4.79 Å². The summed E-state index contributed by atoms with van der Waals surface area (Å²) < 4.78 is 0. The summed E-state index contributed by atoms with van der Waals surface area (Å²) in [6, 6.07) is 6.07. The summed E-state index contributed by atoms with van der Waals surface area (Å²) in [5, 5.41) is 6.10. The fourth-order valence-electron chi connectivity index (χ4n) is 1.66. The molecule has 2 N–H and O–H groups in total. The number of nitrogens with one attached hydrogen (secondary N) is 2. The average Bonchev–Trinajstić information content (AvgIpc) is 2.29. The van der Waals surface area contributed by atoms with E-state index in [1.807, 2.05) is 32.0 Å². The molecule has 0 bridgehead atoms. The lowest BCUT2D eigenvalue weighted by Crippen LogP contribution is -2.29. The van der Waals surface area contributed by atoms with E-state index < -0.39 is 0 Å². The van der Waals surface area contributed by atoms with Crippen molar-refractivity contribution in [3.63, 3.8) is 0 Å². The van der Waals surface area contributed by atoms with Crippen LogP contribution in [0.3, 0.4) is 0 Å². The highest BCUT2D eigenvalue weighted by Gasteiger charge is 2.04. The molecule has 0 aliphatic carbocycles. The van der Waals surface area contributed by atoms with E-state index in [9.17, 15) is 4.79 Å². The molecule has 18 heavy (non-hydrogen) atoms. The lowest BCUT2D eigenvalue weighted by atomic mass is 10.1. The predicted molar refractivity (Wildman–Crippen MR) is 76.9 cm³/mol. The van der Waals surface area contributed by atoms with Crippen molar-refractivity contribution in [1.29, 1.82) is 0 Å². The number of anilines is 1. The SMILES string of the molecule is Cc1ccc(C)c(NC(=O)CNCCC(C)C)c1. The van der Waals surface area contributed by atoms with E-state index >= 15 is 0 Å². The Balaban J connectivity index is 2.38. The molecular weight excluding hydrogens is 224 g/mol. The molecule has 0 saturated heterocycles. The van der Waals surface area contributed by atoms with Crippen LogP contribution in [0.25, 0.3) is 0 Å². The van der Waals surface area contributed by atoms with Gasteiger partial charge in [-0.05, 0) is 49.9 Å². The van der Waals surface area contributed by atoms with Crippen molar-refractivity contribution in [3.8, 4) is 0 Å². The molecule has 0 saturated carbocycles. The van der Waals surface area contributed by atoms with Crippen molar-refractivity contribution in [2.75, 3.05) is 18.4 Å². The van der Waals surface area contributed by atoms with Crippen molar-refractivity contribution in [1.82, 2.24) is 5.32 Å². The van der Waals surface area contributed by atoms with E-state index in [-0.39, 0.29) is 5.91 Å². The molecule has 100 valence electrons. The van der Waals surface area contributed by atoms with Crippen molar-refractivity contribution >= 4 is 11.6 Å². The van der Waals surface area contributed by atoms with Gasteiger partial charge in [0.05, 0.1) is 6.54 Å². The van der Waals surface area contributed by atoms with Crippen LogP contribution in [0.2, 0.25) is 0 Å². The zero-order chi connectivity index (χ0) is 13.5. The molecule has 1 rings (SSSR count). The van der Waals surface area contributed by atoms with Gasteiger partial charge >= 0.3 is 0 Å². The number of benzene rings is 1. The highest BCUT2D eigenvalue weighted by Crippen LogP contribution is 2.15. The fourth-order valence-corrected chi connectivity index (χ4v) is 1.66. The minimum absolute atomic E-state index is 0.0208. The number of carbonyl (C=O) groups excluding carboxylic acids is 1. The molecule has 1 aromatic rings. The smallest absolute Gasteiger partial charge is 0.238 e. The molecule has 0 aromatic heterocycles. The first-order valence-electron chi connectivity index (χ1n) is 6.57. The molecule has 1 amide bonds. The summed E-state index contributed by atoms with van der Waals surface area (Å²) in [4.78, 5) is 11.7. The van der Waals surface area contributed by atoms with Gasteiger partial charge in [-0.15, -0.1) is 0 Å². The molecule has 0 radical (unpaired) electrons. The lowest BCUT2D eigenvalue weighted by Gasteiger charge is -2.10. The molecule has 1 aromatic carbocycles. The summed E-state index contributed by atoms with van der Waals surface area (Å²) >= 11 is 0. The second-order valence-corrected chi connectivity index (χ2v) is 5.23. The maximum Gasteiger partial charge on any atom is 0.238 e. The van der Waals surface area contributed by atoms with Gasteiger partial charge in [0.2, 0.25) is 5.91 Å². The van der Waals surface area contributed by atoms with Crippen molar-refractivity contribution in [2.45, 2.75) is 34.1 Å². The molecule has 3 nitrogen and oxygen atoms in total. The second kappa shape index (κ2) is 7.17. The Labute approximate surface area is 110 Å². The highest BCUT2D eigenvalue weighted by molar-refractivity contribution is 5.93. The third-order valence-electron chi connectivity index (χ3n) is 2.85. The number of hydrogen-bond acceptors (Lipinski definition) is 2. The van der Waals surface area contributed by atoms with Gasteiger partial charge in [0, 0.05) is 5.69 Å². The van der Waals surface area contributed by atoms with E-state index in [0.29, 0.717) is 12.5 Å². The van der Waals surface area contributed by atoms with Gasteiger partial charge in [0.1, 0.15) is 0 Å². The zero-order valence-corrected chi connectivity index (χ0v) is 11.8. The largest absolute Gasteiger partial charge is 0.325 e. The molecular formula is C15H24N2O. The highest BCUT2D eigenvalue weighted by atomic mass is 16.1. The molecule has 0 spiro atoms. The molecule has 0 unspecified atom stereocenters. The summed E-state index contributed by atoms with van der Waals surface area (Å²) in [5.41, 5.74) is 3.16. The molecule has 0 heterocycles. The van der Waals surface area contributed by atoms with Crippen LogP contribution >= 0.6 is 0 Å². The first-order valence-corrected chi connectivity index (χ1v) is 6.57. The standard InChI is InChI=1S/C15H24N2O/c1-11(2)7-8-16-10-15(18)17-14-9-12(3)5-6-13(14)4/h5-6,9,11,16H,7-8,10H2,1-4H3,(H,17,18). The van der Waals surface area contributed by atoms with Crippen molar-refractivity contribution in [2.24, 2.45) is 5.92 Å². The molecule has 3 heteroatoms. The zero-order valence-electron chi connectivity index (χ0n) is 11.8. The fraction of sp³-hybridized carbons (Fsp3) is 0.533. The number of amides is 1. The number of aryl methyl sites for hydroxylation is 2. The van der Waals surface area contributed by atoms with Gasteiger partial charge in [-0.25, -0.2) is 0 Å². The van der Waals surface area contributed by atoms with Gasteiger partial charge in [0.15, 0.2) is 0 Å². The van der Waals surface area contributed by atoms with Crippen LogP contribution in [0.1, 0.15) is 31.4 Å². The van der Waals surface area contributed by atoms with Crippen LogP contribution in [0, 0.1) is 19.8 Å². The first-order chi connectivity index (χ1) is 8.49. The Hall–Kier alpha value is -1.35. The monoisotopic (exact) mass is 248 g/mol. The molecule has 0 fully saturated rings. The van der Waals surface area contributed by atoms with Crippen LogP contribution in [0.15, 0.2) is 18.2 Å². The number of hydrogen-bond donors (Lipinski definition) is 2. The number of rotatable bonds is 6. The van der Waals surface area contributed by atoms with Crippen LogP contribution in [-0.2, 0) is 4.79 Å². The Morgan fingerprint density at radius 1 is 1.28 bits per heavy atom. The van der Waals surface area contributed by atoms with Gasteiger partial charge in [0.25, 0.3) is 0 Å².